The maximum Gasteiger partial charge on any atom is 0.409 e. The highest BCUT2D eigenvalue weighted by Gasteiger charge is 2.25. The van der Waals surface area contributed by atoms with Gasteiger partial charge < -0.3 is 24.6 Å². The van der Waals surface area contributed by atoms with Gasteiger partial charge in [0.2, 0.25) is 0 Å². The van der Waals surface area contributed by atoms with E-state index in [9.17, 15) is 4.79 Å². The Morgan fingerprint density at radius 3 is 2.87 bits per heavy atom. The van der Waals surface area contributed by atoms with Crippen LogP contribution in [-0.2, 0) is 16.0 Å². The number of anilines is 1. The van der Waals surface area contributed by atoms with Crippen molar-refractivity contribution < 1.29 is 14.3 Å². The molecule has 162 valence electrons. The SMILES string of the molecule is CCOC(=O)N1CCN(c2nc3c(C)cccc3cc2CNC[C@H]2CCCO2)CC1. The molecule has 2 aliphatic heterocycles. The van der Waals surface area contributed by atoms with E-state index in [1.54, 1.807) is 4.90 Å². The number of aryl methyl sites for hydroxylation is 1. The van der Waals surface area contributed by atoms with Crippen molar-refractivity contribution >= 4 is 22.8 Å². The van der Waals surface area contributed by atoms with Crippen LogP contribution in [-0.4, -0.2) is 68.0 Å². The summed E-state index contributed by atoms with van der Waals surface area (Å²) in [7, 11) is 0. The van der Waals surface area contributed by atoms with Gasteiger partial charge in [0, 0.05) is 56.8 Å². The van der Waals surface area contributed by atoms with Crippen LogP contribution in [0.4, 0.5) is 10.6 Å². The number of fused-ring (bicyclic) bond motifs is 1. The van der Waals surface area contributed by atoms with Gasteiger partial charge in [-0.05, 0) is 38.3 Å². The van der Waals surface area contributed by atoms with Crippen LogP contribution in [0, 0.1) is 6.92 Å². The van der Waals surface area contributed by atoms with Gasteiger partial charge in [0.15, 0.2) is 0 Å². The fraction of sp³-hybridized carbons (Fsp3) is 0.565. The molecular weight excluding hydrogens is 380 g/mol. The monoisotopic (exact) mass is 412 g/mol. The Morgan fingerprint density at radius 2 is 2.13 bits per heavy atom. The summed E-state index contributed by atoms with van der Waals surface area (Å²) in [5, 5.41) is 4.73. The van der Waals surface area contributed by atoms with Crippen molar-refractivity contribution in [2.45, 2.75) is 39.3 Å². The fourth-order valence-corrected chi connectivity index (χ4v) is 4.27. The van der Waals surface area contributed by atoms with E-state index in [-0.39, 0.29) is 6.09 Å². The number of piperazine rings is 1. The Balaban J connectivity index is 1.52. The molecule has 1 aromatic heterocycles. The molecular formula is C23H32N4O3. The molecule has 4 rings (SSSR count). The van der Waals surface area contributed by atoms with Gasteiger partial charge in [-0.3, -0.25) is 0 Å². The third-order valence-corrected chi connectivity index (χ3v) is 5.92. The zero-order chi connectivity index (χ0) is 20.9. The van der Waals surface area contributed by atoms with E-state index in [0.717, 1.165) is 62.3 Å². The number of aromatic nitrogens is 1. The van der Waals surface area contributed by atoms with E-state index < -0.39 is 0 Å². The van der Waals surface area contributed by atoms with E-state index in [4.69, 9.17) is 14.5 Å². The third-order valence-electron chi connectivity index (χ3n) is 5.92. The summed E-state index contributed by atoms with van der Waals surface area (Å²) in [6.45, 7) is 9.64. The lowest BCUT2D eigenvalue weighted by Gasteiger charge is -2.35. The van der Waals surface area contributed by atoms with Crippen LogP contribution < -0.4 is 10.2 Å². The number of nitrogens with one attached hydrogen (secondary N) is 1. The third kappa shape index (κ3) is 4.68. The number of hydrogen-bond donors (Lipinski definition) is 1. The summed E-state index contributed by atoms with van der Waals surface area (Å²) in [5.41, 5.74) is 3.41. The molecule has 7 nitrogen and oxygen atoms in total. The van der Waals surface area contributed by atoms with Gasteiger partial charge in [-0.15, -0.1) is 0 Å². The molecule has 0 aliphatic carbocycles. The predicted molar refractivity (Wildman–Crippen MR) is 118 cm³/mol. The van der Waals surface area contributed by atoms with Crippen molar-refractivity contribution in [2.75, 3.05) is 50.8 Å². The molecule has 0 bridgehead atoms. The zero-order valence-corrected chi connectivity index (χ0v) is 18.0. The first-order valence-corrected chi connectivity index (χ1v) is 11.0. The minimum atomic E-state index is -0.224. The number of hydrogen-bond acceptors (Lipinski definition) is 6. The van der Waals surface area contributed by atoms with Gasteiger partial charge in [0.05, 0.1) is 18.2 Å². The van der Waals surface area contributed by atoms with E-state index in [2.05, 4.69) is 41.4 Å². The smallest absolute Gasteiger partial charge is 0.409 e. The lowest BCUT2D eigenvalue weighted by atomic mass is 10.1. The van der Waals surface area contributed by atoms with Crippen LogP contribution in [0.5, 0.6) is 0 Å². The second kappa shape index (κ2) is 9.62. The molecule has 0 radical (unpaired) electrons. The molecule has 2 fully saturated rings. The van der Waals surface area contributed by atoms with Crippen molar-refractivity contribution in [3.8, 4) is 0 Å². The van der Waals surface area contributed by atoms with Crippen molar-refractivity contribution in [3.05, 3.63) is 35.4 Å². The summed E-state index contributed by atoms with van der Waals surface area (Å²) in [6.07, 6.45) is 2.37. The minimum Gasteiger partial charge on any atom is -0.450 e. The van der Waals surface area contributed by atoms with E-state index in [1.165, 1.54) is 11.1 Å². The molecule has 30 heavy (non-hydrogen) atoms. The number of para-hydroxylation sites is 1. The minimum absolute atomic E-state index is 0.224. The number of benzene rings is 1. The standard InChI is InChI=1S/C23H32N4O3/c1-3-29-23(28)27-11-9-26(10-12-27)22-19(15-24-16-20-8-5-13-30-20)14-18-7-4-6-17(2)21(18)25-22/h4,6-7,14,20,24H,3,5,8-13,15-16H2,1-2H3/t20-/m1/s1. The summed E-state index contributed by atoms with van der Waals surface area (Å²) in [5.74, 6) is 1.01. The second-order valence-electron chi connectivity index (χ2n) is 8.06. The van der Waals surface area contributed by atoms with Crippen LogP contribution in [0.1, 0.15) is 30.9 Å². The van der Waals surface area contributed by atoms with Crippen molar-refractivity contribution in [3.63, 3.8) is 0 Å². The number of pyridine rings is 1. The van der Waals surface area contributed by atoms with Gasteiger partial charge in [-0.2, -0.15) is 0 Å². The first-order chi connectivity index (χ1) is 14.7. The first-order valence-electron chi connectivity index (χ1n) is 11.0. The number of nitrogens with zero attached hydrogens (tertiary/aromatic N) is 3. The van der Waals surface area contributed by atoms with Gasteiger partial charge in [-0.1, -0.05) is 18.2 Å². The average molecular weight is 413 g/mol. The van der Waals surface area contributed by atoms with Gasteiger partial charge >= 0.3 is 6.09 Å². The normalized spacial score (nSPS) is 19.5. The highest BCUT2D eigenvalue weighted by atomic mass is 16.6. The van der Waals surface area contributed by atoms with Gasteiger partial charge in [0.25, 0.3) is 0 Å². The maximum absolute atomic E-state index is 12.0. The van der Waals surface area contributed by atoms with Crippen LogP contribution in [0.2, 0.25) is 0 Å². The number of carbonyl (C=O) groups is 1. The van der Waals surface area contributed by atoms with Crippen molar-refractivity contribution in [2.24, 2.45) is 0 Å². The lowest BCUT2D eigenvalue weighted by molar-refractivity contribution is 0.105. The number of carbonyl (C=O) groups excluding carboxylic acids is 1. The number of amides is 1. The van der Waals surface area contributed by atoms with Crippen LogP contribution in [0.3, 0.4) is 0 Å². The van der Waals surface area contributed by atoms with Crippen LogP contribution in [0.25, 0.3) is 10.9 Å². The summed E-state index contributed by atoms with van der Waals surface area (Å²) >= 11 is 0. The maximum atomic E-state index is 12.0. The molecule has 2 aliphatic rings. The highest BCUT2D eigenvalue weighted by molar-refractivity contribution is 5.84. The molecule has 0 saturated carbocycles. The van der Waals surface area contributed by atoms with Gasteiger partial charge in [-0.25, -0.2) is 9.78 Å². The molecule has 2 aromatic rings. The average Bonchev–Trinajstić information content (AvgIpc) is 3.27. The molecule has 3 heterocycles. The summed E-state index contributed by atoms with van der Waals surface area (Å²) < 4.78 is 10.9. The van der Waals surface area contributed by atoms with E-state index >= 15 is 0 Å². The topological polar surface area (TPSA) is 66.9 Å². The van der Waals surface area contributed by atoms with Gasteiger partial charge in [0.1, 0.15) is 5.82 Å². The Morgan fingerprint density at radius 1 is 1.30 bits per heavy atom. The first kappa shape index (κ1) is 20.9. The largest absolute Gasteiger partial charge is 0.450 e. The molecule has 1 aromatic carbocycles. The molecule has 1 N–H and O–H groups in total. The van der Waals surface area contributed by atoms with E-state index in [1.807, 2.05) is 6.92 Å². The molecule has 0 spiro atoms. The lowest BCUT2D eigenvalue weighted by Crippen LogP contribution is -2.49. The number of ether oxygens (including phenoxy) is 2. The Labute approximate surface area is 178 Å². The van der Waals surface area contributed by atoms with Crippen molar-refractivity contribution in [1.29, 1.82) is 0 Å². The quantitative estimate of drug-likeness (QED) is 0.787. The van der Waals surface area contributed by atoms with Crippen LogP contribution in [0.15, 0.2) is 24.3 Å². The Bertz CT molecular complexity index is 874. The molecule has 1 atom stereocenters. The Kier molecular flexibility index (Phi) is 6.69. The number of rotatable bonds is 6. The van der Waals surface area contributed by atoms with Crippen LogP contribution >= 0.6 is 0 Å². The van der Waals surface area contributed by atoms with Crippen molar-refractivity contribution in [1.82, 2.24) is 15.2 Å². The Hall–Kier alpha value is -2.38. The molecule has 1 amide bonds. The molecule has 0 unspecified atom stereocenters. The zero-order valence-electron chi connectivity index (χ0n) is 18.0. The summed E-state index contributed by atoms with van der Waals surface area (Å²) in [4.78, 5) is 21.2. The summed E-state index contributed by atoms with van der Waals surface area (Å²) in [6, 6.07) is 8.57. The highest BCUT2D eigenvalue weighted by Crippen LogP contribution is 2.27. The second-order valence-corrected chi connectivity index (χ2v) is 8.06. The molecule has 7 heteroatoms. The molecule has 2 saturated heterocycles. The van der Waals surface area contributed by atoms with E-state index in [0.29, 0.717) is 25.8 Å². The predicted octanol–water partition coefficient (Wildman–Crippen LogP) is 3.09. The fourth-order valence-electron chi connectivity index (χ4n) is 4.27.